The molecule has 5 heavy (non-hydrogen) atoms. The predicted octanol–water partition coefficient (Wildman–Crippen LogP) is -1.52. The third-order valence-corrected chi connectivity index (χ3v) is 0. The van der Waals surface area contributed by atoms with Crippen molar-refractivity contribution in [3.8, 4) is 0 Å². The van der Waals surface area contributed by atoms with Gasteiger partial charge in [-0.15, -0.1) is 0 Å². The molecule has 0 bridgehead atoms. The topological polar surface area (TPSA) is 40.5 Å². The van der Waals surface area contributed by atoms with Gasteiger partial charge in [0.1, 0.15) is 0 Å². The average molecular weight is 101 g/mol. The van der Waals surface area contributed by atoms with Crippen LogP contribution < -0.4 is 0 Å². The van der Waals surface area contributed by atoms with E-state index in [1.54, 1.807) is 0 Å². The molecule has 27 valence electrons. The summed E-state index contributed by atoms with van der Waals surface area (Å²) in [4.78, 5) is 0. The van der Waals surface area contributed by atoms with E-state index in [2.05, 4.69) is 6.92 Å². The van der Waals surface area contributed by atoms with E-state index in [1.165, 1.54) is 0 Å². The summed E-state index contributed by atoms with van der Waals surface area (Å²) in [5.41, 5.74) is 0. The summed E-state index contributed by atoms with van der Waals surface area (Å²) >= 11 is 0. The van der Waals surface area contributed by atoms with Crippen molar-refractivity contribution < 1.29 is 10.2 Å². The Bertz CT molecular complexity index is 12.4. The minimum absolute atomic E-state index is 0. The second-order valence-corrected chi connectivity index (χ2v) is 0.481. The van der Waals surface area contributed by atoms with Gasteiger partial charge >= 0.3 is 51.4 Å². The number of hydrogen-bond donors (Lipinski definition) is 2. The molecule has 0 aromatic rings. The molecule has 2 N–H and O–H groups in total. The molecule has 0 aromatic carbocycles. The van der Waals surface area contributed by atoms with Gasteiger partial charge < -0.3 is 10.2 Å². The summed E-state index contributed by atoms with van der Waals surface area (Å²) in [6.07, 6.45) is -1.42. The second-order valence-electron chi connectivity index (χ2n) is 0.481. The summed E-state index contributed by atoms with van der Waals surface area (Å²) < 4.78 is 0. The van der Waals surface area contributed by atoms with Gasteiger partial charge in [-0.25, -0.2) is 0 Å². The van der Waals surface area contributed by atoms with Gasteiger partial charge in [0, 0.05) is 6.92 Å². The van der Waals surface area contributed by atoms with Gasteiger partial charge in [-0.05, 0) is 0 Å². The predicted molar refractivity (Wildman–Crippen MR) is 20.7 cm³/mol. The summed E-state index contributed by atoms with van der Waals surface area (Å²) in [6.45, 7) is 2.75. The van der Waals surface area contributed by atoms with E-state index in [1.807, 2.05) is 0 Å². The molecule has 0 aromatic heterocycles. The van der Waals surface area contributed by atoms with Crippen molar-refractivity contribution in [3.63, 3.8) is 0 Å². The fourth-order valence-corrected chi connectivity index (χ4v) is 0. The molecule has 0 unspecified atom stereocenters. The average Bonchev–Trinajstić information content (AvgIpc) is 0.811. The van der Waals surface area contributed by atoms with Crippen LogP contribution in [0.2, 0.25) is 0 Å². The van der Waals surface area contributed by atoms with Crippen LogP contribution in [0.5, 0.6) is 0 Å². The van der Waals surface area contributed by atoms with Crippen molar-refractivity contribution in [3.05, 3.63) is 6.92 Å². The molecule has 0 rings (SSSR count). The van der Waals surface area contributed by atoms with Gasteiger partial charge in [0.25, 0.3) is 0 Å². The van der Waals surface area contributed by atoms with Gasteiger partial charge in [0.05, 0.1) is 0 Å². The van der Waals surface area contributed by atoms with E-state index in [0.29, 0.717) is 0 Å². The summed E-state index contributed by atoms with van der Waals surface area (Å²) in [5.74, 6) is 0. The van der Waals surface area contributed by atoms with E-state index in [9.17, 15) is 0 Å². The fraction of sp³-hybridized carbons (Fsp3) is 0.500. The van der Waals surface area contributed by atoms with Crippen LogP contribution in [-0.2, 0) is 0 Å². The van der Waals surface area contributed by atoms with Gasteiger partial charge in [-0.2, -0.15) is 0 Å². The van der Waals surface area contributed by atoms with Crippen LogP contribution in [0.15, 0.2) is 0 Å². The Morgan fingerprint density at radius 1 is 1.40 bits per heavy atom. The number of aliphatic hydroxyl groups is 2. The molecule has 2 nitrogen and oxygen atoms in total. The molecule has 0 amide bonds. The van der Waals surface area contributed by atoms with Crippen molar-refractivity contribution >= 4 is 51.4 Å². The normalized spacial score (nSPS) is 7.20. The van der Waals surface area contributed by atoms with Crippen LogP contribution in [-0.4, -0.2) is 67.9 Å². The van der Waals surface area contributed by atoms with Crippen molar-refractivity contribution in [1.82, 2.24) is 0 Å². The van der Waals surface area contributed by atoms with Crippen molar-refractivity contribution in [2.24, 2.45) is 0 Å². The van der Waals surface area contributed by atoms with Crippen molar-refractivity contribution in [1.29, 1.82) is 0 Å². The molecule has 0 saturated carbocycles. The van der Waals surface area contributed by atoms with E-state index >= 15 is 0 Å². The first kappa shape index (κ1) is 9.75. The quantitative estimate of drug-likeness (QED) is 0.287. The Kier molecular flexibility index (Phi) is 10.8. The van der Waals surface area contributed by atoms with Gasteiger partial charge in [-0.3, -0.25) is 0 Å². The Morgan fingerprint density at radius 3 is 1.40 bits per heavy atom. The molecule has 0 spiro atoms. The maximum atomic E-state index is 7.50. The SMILES string of the molecule is [CH2]C(O)O.[KH]. The molecule has 1 radical (unpaired) electrons. The standard InChI is InChI=1S/C2H5O2.K.H/c1-2(3)4;;/h2-4H,1H2;;. The zero-order valence-corrected chi connectivity index (χ0v) is 2.18. The molecule has 0 aliphatic rings. The molecular weight excluding hydrogens is 95.1 g/mol. The third-order valence-electron chi connectivity index (χ3n) is 0. The molecule has 0 fully saturated rings. The molecule has 0 atom stereocenters. The Morgan fingerprint density at radius 2 is 1.40 bits per heavy atom. The maximum absolute atomic E-state index is 7.50. The Balaban J connectivity index is 0. The fourth-order valence-electron chi connectivity index (χ4n) is 0. The van der Waals surface area contributed by atoms with E-state index in [0.717, 1.165) is 0 Å². The number of rotatable bonds is 0. The summed E-state index contributed by atoms with van der Waals surface area (Å²) in [7, 11) is 0. The van der Waals surface area contributed by atoms with Gasteiger partial charge in [0.2, 0.25) is 0 Å². The Labute approximate surface area is 73.6 Å². The van der Waals surface area contributed by atoms with Crippen LogP contribution >= 0.6 is 0 Å². The van der Waals surface area contributed by atoms with Crippen LogP contribution in [0.3, 0.4) is 0 Å². The molecule has 0 heterocycles. The number of hydrogen-bond acceptors (Lipinski definition) is 2. The first-order valence-corrected chi connectivity index (χ1v) is 0.925. The molecule has 3 heteroatoms. The van der Waals surface area contributed by atoms with Crippen molar-refractivity contribution in [2.45, 2.75) is 6.29 Å². The minimum atomic E-state index is -1.42. The third kappa shape index (κ3) is 29.0. The first-order chi connectivity index (χ1) is 1.73. The van der Waals surface area contributed by atoms with Gasteiger partial charge in [-0.1, -0.05) is 0 Å². The monoisotopic (exact) mass is 101 g/mol. The molecule has 0 aliphatic carbocycles. The molecule has 0 aliphatic heterocycles. The van der Waals surface area contributed by atoms with Crippen LogP contribution in [0, 0.1) is 6.92 Å². The van der Waals surface area contributed by atoms with E-state index in [-0.39, 0.29) is 51.4 Å². The number of aliphatic hydroxyl groups excluding tert-OH is 1. The molecular formula is C2H6KO2. The summed E-state index contributed by atoms with van der Waals surface area (Å²) in [6, 6.07) is 0. The van der Waals surface area contributed by atoms with E-state index in [4.69, 9.17) is 10.2 Å². The first-order valence-electron chi connectivity index (χ1n) is 0.925. The van der Waals surface area contributed by atoms with E-state index < -0.39 is 6.29 Å². The van der Waals surface area contributed by atoms with Crippen LogP contribution in [0.4, 0.5) is 0 Å². The molecule has 0 saturated heterocycles. The van der Waals surface area contributed by atoms with Gasteiger partial charge in [0.15, 0.2) is 6.29 Å². The Hall–Kier alpha value is 1.56. The summed E-state index contributed by atoms with van der Waals surface area (Å²) in [5, 5.41) is 15.0. The van der Waals surface area contributed by atoms with Crippen molar-refractivity contribution in [2.75, 3.05) is 0 Å². The zero-order chi connectivity index (χ0) is 3.58. The zero-order valence-electron chi connectivity index (χ0n) is 2.18. The van der Waals surface area contributed by atoms with Crippen LogP contribution in [0.25, 0.3) is 0 Å². The van der Waals surface area contributed by atoms with Crippen LogP contribution in [0.1, 0.15) is 0 Å². The second kappa shape index (κ2) is 5.56.